The van der Waals surface area contributed by atoms with Crippen molar-refractivity contribution < 1.29 is 22.3 Å². The Bertz CT molecular complexity index is 962. The van der Waals surface area contributed by atoms with Crippen molar-refractivity contribution in [1.29, 1.82) is 0 Å². The van der Waals surface area contributed by atoms with Crippen LogP contribution in [0.2, 0.25) is 0 Å². The number of hydrogen-bond donors (Lipinski definition) is 1. The van der Waals surface area contributed by atoms with E-state index in [1.165, 1.54) is 28.6 Å². The molecular weight excluding hydrogens is 407 g/mol. The van der Waals surface area contributed by atoms with Crippen molar-refractivity contribution in [1.82, 2.24) is 9.62 Å². The second kappa shape index (κ2) is 9.57. The molecule has 6 nitrogen and oxygen atoms in total. The lowest BCUT2D eigenvalue weighted by molar-refractivity contribution is -0.126. The van der Waals surface area contributed by atoms with Gasteiger partial charge in [0.1, 0.15) is 11.6 Å². The molecule has 1 saturated heterocycles. The van der Waals surface area contributed by atoms with E-state index in [0.717, 1.165) is 5.56 Å². The molecule has 0 radical (unpaired) electrons. The van der Waals surface area contributed by atoms with Crippen LogP contribution in [-0.4, -0.2) is 38.3 Å². The summed E-state index contributed by atoms with van der Waals surface area (Å²) in [5, 5.41) is 2.92. The third-order valence-corrected chi connectivity index (χ3v) is 7.14. The number of nitrogens with one attached hydrogen (secondary N) is 1. The molecule has 0 saturated carbocycles. The van der Waals surface area contributed by atoms with E-state index in [2.05, 4.69) is 5.32 Å². The summed E-state index contributed by atoms with van der Waals surface area (Å²) in [5.74, 6) is -0.348. The SMILES string of the molecule is CCOc1ccc(S(=O)(=O)N2CCCC(C(=O)NC(C)c3ccc(F)cc3)C2)cc1. The summed E-state index contributed by atoms with van der Waals surface area (Å²) in [6, 6.07) is 12.0. The van der Waals surface area contributed by atoms with Crippen LogP contribution in [0.4, 0.5) is 4.39 Å². The van der Waals surface area contributed by atoms with Crippen molar-refractivity contribution in [3.63, 3.8) is 0 Å². The van der Waals surface area contributed by atoms with E-state index in [1.54, 1.807) is 24.3 Å². The maximum Gasteiger partial charge on any atom is 0.243 e. The topological polar surface area (TPSA) is 75.7 Å². The zero-order valence-corrected chi connectivity index (χ0v) is 18.0. The average Bonchev–Trinajstić information content (AvgIpc) is 2.75. The number of rotatable bonds is 7. The quantitative estimate of drug-likeness (QED) is 0.724. The van der Waals surface area contributed by atoms with Crippen LogP contribution in [0, 0.1) is 11.7 Å². The minimum absolute atomic E-state index is 0.136. The number of carbonyl (C=O) groups excluding carboxylic acids is 1. The number of hydrogen-bond acceptors (Lipinski definition) is 4. The van der Waals surface area contributed by atoms with Gasteiger partial charge in [-0.25, -0.2) is 12.8 Å². The Hall–Kier alpha value is -2.45. The summed E-state index contributed by atoms with van der Waals surface area (Å²) in [6.07, 6.45) is 1.23. The predicted molar refractivity (Wildman–Crippen MR) is 112 cm³/mol. The Morgan fingerprint density at radius 1 is 1.20 bits per heavy atom. The standard InChI is InChI=1S/C22H27FN2O4S/c1-3-29-20-10-12-21(13-11-20)30(27,28)25-14-4-5-18(15-25)22(26)24-16(2)17-6-8-19(23)9-7-17/h6-13,16,18H,3-5,14-15H2,1-2H3,(H,24,26). The Balaban J connectivity index is 1.66. The lowest BCUT2D eigenvalue weighted by Crippen LogP contribution is -2.45. The van der Waals surface area contributed by atoms with Gasteiger partial charge in [-0.05, 0) is 68.7 Å². The van der Waals surface area contributed by atoms with E-state index in [0.29, 0.717) is 31.7 Å². The summed E-state index contributed by atoms with van der Waals surface area (Å²) < 4.78 is 45.9. The van der Waals surface area contributed by atoms with Crippen LogP contribution in [0.3, 0.4) is 0 Å². The van der Waals surface area contributed by atoms with Crippen molar-refractivity contribution in [2.75, 3.05) is 19.7 Å². The molecule has 1 amide bonds. The molecule has 1 N–H and O–H groups in total. The molecule has 162 valence electrons. The molecule has 0 spiro atoms. The summed E-state index contributed by atoms with van der Waals surface area (Å²) in [4.78, 5) is 12.9. The Labute approximate surface area is 177 Å². The van der Waals surface area contributed by atoms with Gasteiger partial charge in [-0.2, -0.15) is 4.31 Å². The van der Waals surface area contributed by atoms with Gasteiger partial charge in [0, 0.05) is 13.1 Å². The highest BCUT2D eigenvalue weighted by molar-refractivity contribution is 7.89. The Kier molecular flexibility index (Phi) is 7.10. The van der Waals surface area contributed by atoms with Gasteiger partial charge in [0.05, 0.1) is 23.5 Å². The third kappa shape index (κ3) is 5.17. The van der Waals surface area contributed by atoms with Gasteiger partial charge in [0.2, 0.25) is 15.9 Å². The largest absolute Gasteiger partial charge is 0.494 e. The number of sulfonamides is 1. The Morgan fingerprint density at radius 2 is 1.87 bits per heavy atom. The van der Waals surface area contributed by atoms with E-state index in [9.17, 15) is 17.6 Å². The zero-order chi connectivity index (χ0) is 21.7. The van der Waals surface area contributed by atoms with Crippen LogP contribution in [0.15, 0.2) is 53.4 Å². The van der Waals surface area contributed by atoms with Gasteiger partial charge in [-0.15, -0.1) is 0 Å². The summed E-state index contributed by atoms with van der Waals surface area (Å²) >= 11 is 0. The molecule has 2 atom stereocenters. The zero-order valence-electron chi connectivity index (χ0n) is 17.2. The lowest BCUT2D eigenvalue weighted by atomic mass is 9.98. The molecule has 3 rings (SSSR count). The van der Waals surface area contributed by atoms with Crippen LogP contribution in [0.25, 0.3) is 0 Å². The molecule has 1 heterocycles. The van der Waals surface area contributed by atoms with Crippen LogP contribution >= 0.6 is 0 Å². The first-order chi connectivity index (χ1) is 14.3. The van der Waals surface area contributed by atoms with Crippen molar-refractivity contribution in [2.45, 2.75) is 37.6 Å². The first-order valence-corrected chi connectivity index (χ1v) is 11.5. The molecule has 2 unspecified atom stereocenters. The summed E-state index contributed by atoms with van der Waals surface area (Å²) in [7, 11) is -3.69. The second-order valence-corrected chi connectivity index (χ2v) is 9.33. The van der Waals surface area contributed by atoms with Crippen molar-refractivity contribution in [3.8, 4) is 5.75 Å². The third-order valence-electron chi connectivity index (χ3n) is 5.26. The highest BCUT2D eigenvalue weighted by Gasteiger charge is 2.33. The maximum absolute atomic E-state index is 13.1. The van der Waals surface area contributed by atoms with Gasteiger partial charge in [0.25, 0.3) is 0 Å². The molecule has 8 heteroatoms. The van der Waals surface area contributed by atoms with Gasteiger partial charge >= 0.3 is 0 Å². The number of carbonyl (C=O) groups is 1. The van der Waals surface area contributed by atoms with Crippen LogP contribution in [-0.2, 0) is 14.8 Å². The molecule has 0 aliphatic carbocycles. The maximum atomic E-state index is 13.1. The predicted octanol–water partition coefficient (Wildman–Crippen LogP) is 3.50. The van der Waals surface area contributed by atoms with E-state index in [-0.39, 0.29) is 29.2 Å². The van der Waals surface area contributed by atoms with E-state index >= 15 is 0 Å². The minimum atomic E-state index is -3.69. The smallest absolute Gasteiger partial charge is 0.243 e. The lowest BCUT2D eigenvalue weighted by Gasteiger charge is -2.32. The van der Waals surface area contributed by atoms with Crippen molar-refractivity contribution in [3.05, 3.63) is 59.9 Å². The van der Waals surface area contributed by atoms with Crippen LogP contribution < -0.4 is 10.1 Å². The normalized spacial score (nSPS) is 18.6. The number of nitrogens with zero attached hydrogens (tertiary/aromatic N) is 1. The molecule has 1 fully saturated rings. The first-order valence-electron chi connectivity index (χ1n) is 10.1. The molecular formula is C22H27FN2O4S. The second-order valence-electron chi connectivity index (χ2n) is 7.39. The fourth-order valence-electron chi connectivity index (χ4n) is 3.56. The van der Waals surface area contributed by atoms with Crippen molar-refractivity contribution in [2.24, 2.45) is 5.92 Å². The molecule has 1 aliphatic heterocycles. The monoisotopic (exact) mass is 434 g/mol. The van der Waals surface area contributed by atoms with Gasteiger partial charge in [-0.1, -0.05) is 12.1 Å². The van der Waals surface area contributed by atoms with E-state index in [1.807, 2.05) is 13.8 Å². The highest BCUT2D eigenvalue weighted by atomic mass is 32.2. The Morgan fingerprint density at radius 3 is 2.50 bits per heavy atom. The van der Waals surface area contributed by atoms with Gasteiger partial charge in [-0.3, -0.25) is 4.79 Å². The highest BCUT2D eigenvalue weighted by Crippen LogP contribution is 2.26. The summed E-state index contributed by atoms with van der Waals surface area (Å²) in [6.45, 7) is 4.71. The molecule has 1 aliphatic rings. The van der Waals surface area contributed by atoms with Crippen LogP contribution in [0.1, 0.15) is 38.3 Å². The molecule has 2 aromatic carbocycles. The molecule has 2 aromatic rings. The van der Waals surface area contributed by atoms with Gasteiger partial charge in [0.15, 0.2) is 0 Å². The van der Waals surface area contributed by atoms with E-state index in [4.69, 9.17) is 4.74 Å². The molecule has 0 bridgehead atoms. The fourth-order valence-corrected chi connectivity index (χ4v) is 5.09. The number of piperidine rings is 1. The molecule has 30 heavy (non-hydrogen) atoms. The first kappa shape index (κ1) is 22.2. The van der Waals surface area contributed by atoms with Crippen molar-refractivity contribution >= 4 is 15.9 Å². The van der Waals surface area contributed by atoms with Gasteiger partial charge < -0.3 is 10.1 Å². The number of ether oxygens (including phenoxy) is 1. The summed E-state index contributed by atoms with van der Waals surface area (Å²) in [5.41, 5.74) is 0.791. The average molecular weight is 435 g/mol. The van der Waals surface area contributed by atoms with E-state index < -0.39 is 15.9 Å². The van der Waals surface area contributed by atoms with Crippen LogP contribution in [0.5, 0.6) is 5.75 Å². The number of halogens is 1. The number of benzene rings is 2. The molecule has 0 aromatic heterocycles. The minimum Gasteiger partial charge on any atom is -0.494 e. The fraction of sp³-hybridized carbons (Fsp3) is 0.409. The number of amides is 1.